The normalized spacial score (nSPS) is 13.8. The Labute approximate surface area is 252 Å². The fraction of sp³-hybridized carbons (Fsp3) is 0.323. The van der Waals surface area contributed by atoms with Gasteiger partial charge in [0.2, 0.25) is 0 Å². The molecule has 0 atom stereocenters. The molecule has 12 heteroatoms. The minimum absolute atomic E-state index is 0.0220. The minimum Gasteiger partial charge on any atom is -0.324 e. The first-order chi connectivity index (χ1) is 20.4. The Balaban J connectivity index is 1.36. The number of fused-ring (bicyclic) bond motifs is 1. The fourth-order valence-electron chi connectivity index (χ4n) is 4.94. The molecule has 0 saturated carbocycles. The van der Waals surface area contributed by atoms with Crippen molar-refractivity contribution >= 4 is 44.5 Å². The zero-order chi connectivity index (χ0) is 30.8. The average molecular weight is 604 g/mol. The number of aromatic nitrogens is 2. The summed E-state index contributed by atoms with van der Waals surface area (Å²) in [6, 6.07) is 21.6. The molecule has 0 spiro atoms. The van der Waals surface area contributed by atoms with Crippen LogP contribution in [0.4, 0.5) is 21.1 Å². The van der Waals surface area contributed by atoms with Crippen LogP contribution in [0, 0.1) is 0 Å². The van der Waals surface area contributed by atoms with E-state index in [4.69, 9.17) is 5.10 Å². The molecule has 4 amide bonds. The van der Waals surface area contributed by atoms with Crippen molar-refractivity contribution in [2.24, 2.45) is 0 Å². The molecule has 226 valence electrons. The molecule has 1 aliphatic rings. The second-order valence-electron chi connectivity index (χ2n) is 11.7. The van der Waals surface area contributed by atoms with E-state index < -0.39 is 22.3 Å². The molecule has 3 N–H and O–H groups in total. The lowest BCUT2D eigenvalue weighted by Gasteiger charge is -2.21. The first kappa shape index (κ1) is 30.1. The van der Waals surface area contributed by atoms with E-state index in [1.165, 1.54) is 11.9 Å². The van der Waals surface area contributed by atoms with Crippen molar-refractivity contribution in [2.75, 3.05) is 30.8 Å². The summed E-state index contributed by atoms with van der Waals surface area (Å²) < 4.78 is 30.6. The number of benzene rings is 3. The Kier molecular flexibility index (Phi) is 8.43. The van der Waals surface area contributed by atoms with E-state index in [0.29, 0.717) is 35.8 Å². The molecule has 0 unspecified atom stereocenters. The number of carbonyl (C=O) groups is 2. The third-order valence-corrected chi connectivity index (χ3v) is 8.72. The van der Waals surface area contributed by atoms with Gasteiger partial charge in [0.05, 0.1) is 17.1 Å². The number of hydrogen-bond donors (Lipinski definition) is 3. The number of nitrogens with zero attached hydrogens (tertiary/aromatic N) is 4. The lowest BCUT2D eigenvalue weighted by molar-refractivity contribution is 0.214. The highest BCUT2D eigenvalue weighted by Crippen LogP contribution is 2.28. The first-order valence-electron chi connectivity index (χ1n) is 14.2. The Morgan fingerprint density at radius 2 is 1.63 bits per heavy atom. The van der Waals surface area contributed by atoms with Crippen LogP contribution < -0.4 is 15.4 Å². The molecule has 1 fully saturated rings. The van der Waals surface area contributed by atoms with E-state index in [-0.39, 0.29) is 12.0 Å². The van der Waals surface area contributed by atoms with E-state index in [1.54, 1.807) is 16.8 Å². The van der Waals surface area contributed by atoms with Gasteiger partial charge >= 0.3 is 22.3 Å². The minimum atomic E-state index is -4.05. The van der Waals surface area contributed by atoms with Gasteiger partial charge in [0, 0.05) is 43.5 Å². The predicted octanol–water partition coefficient (Wildman–Crippen LogP) is 5.45. The number of anilines is 2. The number of urea groups is 2. The summed E-state index contributed by atoms with van der Waals surface area (Å²) in [5, 5.41) is 12.6. The van der Waals surface area contributed by atoms with Gasteiger partial charge in [-0.05, 0) is 42.0 Å². The van der Waals surface area contributed by atoms with Gasteiger partial charge in [-0.1, -0.05) is 69.3 Å². The van der Waals surface area contributed by atoms with Gasteiger partial charge in [-0.15, -0.1) is 0 Å². The van der Waals surface area contributed by atoms with Crippen LogP contribution in [0.3, 0.4) is 0 Å². The van der Waals surface area contributed by atoms with Crippen LogP contribution in [0.15, 0.2) is 72.8 Å². The Morgan fingerprint density at radius 1 is 0.930 bits per heavy atom. The number of hydrogen-bond acceptors (Lipinski definition) is 5. The van der Waals surface area contributed by atoms with E-state index in [9.17, 15) is 18.0 Å². The van der Waals surface area contributed by atoms with E-state index in [0.717, 1.165) is 33.6 Å². The summed E-state index contributed by atoms with van der Waals surface area (Å²) in [6.45, 7) is 7.22. The molecule has 1 saturated heterocycles. The number of rotatable bonds is 7. The van der Waals surface area contributed by atoms with Crippen molar-refractivity contribution in [1.82, 2.24) is 23.7 Å². The van der Waals surface area contributed by atoms with Crippen molar-refractivity contribution < 1.29 is 18.0 Å². The highest BCUT2D eigenvalue weighted by molar-refractivity contribution is 7.87. The summed E-state index contributed by atoms with van der Waals surface area (Å²) in [5.41, 5.74) is 2.47. The first-order valence-corrected chi connectivity index (χ1v) is 15.6. The van der Waals surface area contributed by atoms with Gasteiger partial charge in [0.1, 0.15) is 5.82 Å². The summed E-state index contributed by atoms with van der Waals surface area (Å²) in [6.07, 6.45) is 1.73. The molecule has 11 nitrogen and oxygen atoms in total. The van der Waals surface area contributed by atoms with Crippen LogP contribution in [-0.4, -0.2) is 59.6 Å². The number of nitrogens with one attached hydrogen (secondary N) is 3. The smallest absolute Gasteiger partial charge is 0.324 e. The lowest BCUT2D eigenvalue weighted by Crippen LogP contribution is -2.46. The van der Waals surface area contributed by atoms with Crippen molar-refractivity contribution in [3.05, 3.63) is 84.1 Å². The van der Waals surface area contributed by atoms with Crippen molar-refractivity contribution in [3.8, 4) is 5.69 Å². The number of carbonyl (C=O) groups excluding carboxylic acids is 2. The Hall–Kier alpha value is -4.42. The molecule has 5 rings (SSSR count). The molecule has 2 heterocycles. The standard InChI is InChI=1S/C31H37N7O4S/c1-31(2,3)27-20-28(33-29(39)32-26-16-10-13-23-12-5-6-15-25(23)26)38(34-27)24-14-9-11-22(19-24)21-36(4)43(41,42)35-30(40)37-17-7-8-18-37/h5-6,9-16,19-20H,7-8,17-18,21H2,1-4H3,(H,35,40)(H2,32,33,39). The molecule has 0 radical (unpaired) electrons. The van der Waals surface area contributed by atoms with Crippen LogP contribution in [0.25, 0.3) is 16.5 Å². The average Bonchev–Trinajstić information content (AvgIpc) is 3.64. The topological polar surface area (TPSA) is 129 Å². The summed E-state index contributed by atoms with van der Waals surface area (Å²) in [4.78, 5) is 27.1. The second kappa shape index (κ2) is 12.1. The molecule has 0 bridgehead atoms. The number of likely N-dealkylation sites (tertiary alicyclic amines) is 1. The predicted molar refractivity (Wildman–Crippen MR) is 169 cm³/mol. The molecule has 43 heavy (non-hydrogen) atoms. The van der Waals surface area contributed by atoms with Gasteiger partial charge < -0.3 is 10.2 Å². The third-order valence-electron chi connectivity index (χ3n) is 7.34. The van der Waals surface area contributed by atoms with Crippen LogP contribution >= 0.6 is 0 Å². The fourth-order valence-corrected chi connectivity index (χ4v) is 5.76. The van der Waals surface area contributed by atoms with E-state index in [2.05, 4.69) is 15.4 Å². The van der Waals surface area contributed by atoms with Crippen molar-refractivity contribution in [1.29, 1.82) is 0 Å². The molecule has 0 aliphatic carbocycles. The van der Waals surface area contributed by atoms with Crippen molar-refractivity contribution in [3.63, 3.8) is 0 Å². The van der Waals surface area contributed by atoms with Crippen molar-refractivity contribution in [2.45, 2.75) is 45.6 Å². The summed E-state index contributed by atoms with van der Waals surface area (Å²) in [5.74, 6) is 0.457. The molecular weight excluding hydrogens is 566 g/mol. The van der Waals surface area contributed by atoms with Crippen LogP contribution in [0.2, 0.25) is 0 Å². The highest BCUT2D eigenvalue weighted by Gasteiger charge is 2.26. The van der Waals surface area contributed by atoms with Gasteiger partial charge in [-0.3, -0.25) is 5.32 Å². The zero-order valence-corrected chi connectivity index (χ0v) is 25.6. The van der Waals surface area contributed by atoms with Gasteiger partial charge in [0.15, 0.2) is 0 Å². The Bertz CT molecular complexity index is 1750. The summed E-state index contributed by atoms with van der Waals surface area (Å²) in [7, 11) is -2.63. The SMILES string of the molecule is CN(Cc1cccc(-n2nc(C(C)(C)C)cc2NC(=O)Nc2cccc3ccccc23)c1)S(=O)(=O)NC(=O)N1CCCC1. The zero-order valence-electron chi connectivity index (χ0n) is 24.8. The van der Waals surface area contributed by atoms with E-state index in [1.807, 2.05) is 81.4 Å². The molecular formula is C31H37N7O4S. The van der Waals surface area contributed by atoms with Crippen LogP contribution in [0.1, 0.15) is 44.9 Å². The van der Waals surface area contributed by atoms with Gasteiger partial charge in [-0.2, -0.15) is 17.8 Å². The maximum Gasteiger partial charge on any atom is 0.332 e. The monoisotopic (exact) mass is 603 g/mol. The lowest BCUT2D eigenvalue weighted by atomic mass is 9.92. The Morgan fingerprint density at radius 3 is 2.37 bits per heavy atom. The quantitative estimate of drug-likeness (QED) is 0.259. The van der Waals surface area contributed by atoms with Gasteiger partial charge in [-0.25, -0.2) is 19.0 Å². The van der Waals surface area contributed by atoms with Crippen LogP contribution in [-0.2, 0) is 22.2 Å². The molecule has 3 aromatic carbocycles. The second-order valence-corrected chi connectivity index (χ2v) is 13.5. The maximum atomic E-state index is 13.2. The van der Waals surface area contributed by atoms with Gasteiger partial charge in [0.25, 0.3) is 0 Å². The summed E-state index contributed by atoms with van der Waals surface area (Å²) >= 11 is 0. The molecule has 1 aliphatic heterocycles. The highest BCUT2D eigenvalue weighted by atomic mass is 32.2. The molecule has 4 aromatic rings. The van der Waals surface area contributed by atoms with E-state index >= 15 is 0 Å². The largest absolute Gasteiger partial charge is 0.332 e. The van der Waals surface area contributed by atoms with Crippen LogP contribution in [0.5, 0.6) is 0 Å². The number of amides is 4. The molecule has 1 aromatic heterocycles. The third kappa shape index (κ3) is 6.98. The maximum absolute atomic E-state index is 13.2.